The fourth-order valence-electron chi connectivity index (χ4n) is 2.42. The highest BCUT2D eigenvalue weighted by Gasteiger charge is 2.15. The molecule has 0 unspecified atom stereocenters. The van der Waals surface area contributed by atoms with Gasteiger partial charge in [-0.15, -0.1) is 0 Å². The van der Waals surface area contributed by atoms with Crippen LogP contribution in [0.5, 0.6) is 5.75 Å². The first-order chi connectivity index (χ1) is 9.70. The van der Waals surface area contributed by atoms with Crippen molar-refractivity contribution in [3.8, 4) is 5.75 Å². The van der Waals surface area contributed by atoms with Gasteiger partial charge in [0, 0.05) is 31.1 Å². The smallest absolute Gasteiger partial charge is 0.224 e. The predicted octanol–water partition coefficient (Wildman–Crippen LogP) is 3.16. The first-order valence-electron chi connectivity index (χ1n) is 7.06. The van der Waals surface area contributed by atoms with Gasteiger partial charge in [-0.1, -0.05) is 11.6 Å². The quantitative estimate of drug-likeness (QED) is 0.907. The number of halogens is 1. The van der Waals surface area contributed by atoms with Crippen molar-refractivity contribution >= 4 is 23.2 Å². The molecule has 2 rings (SSSR count). The normalized spacial score (nSPS) is 15.0. The molecule has 1 aromatic carbocycles. The zero-order valence-electron chi connectivity index (χ0n) is 11.8. The number of anilines is 1. The number of carbonyl (C=O) groups excluding carboxylic acids is 1. The number of benzene rings is 1. The van der Waals surface area contributed by atoms with Gasteiger partial charge in [-0.3, -0.25) is 4.79 Å². The van der Waals surface area contributed by atoms with E-state index in [9.17, 15) is 4.79 Å². The zero-order chi connectivity index (χ0) is 14.4. The number of hydrogen-bond donors (Lipinski definition) is 1. The fraction of sp³-hybridized carbons (Fsp3) is 0.533. The topological polar surface area (TPSA) is 41.6 Å². The lowest BCUT2D eigenvalue weighted by atomic mass is 10.1. The molecule has 1 aliphatic rings. The van der Waals surface area contributed by atoms with E-state index in [1.54, 1.807) is 13.2 Å². The van der Waals surface area contributed by atoms with Gasteiger partial charge in [0.25, 0.3) is 0 Å². The maximum absolute atomic E-state index is 12.0. The molecular formula is C15H21ClN2O2. The number of likely N-dealkylation sites (tertiary alicyclic amines) is 1. The van der Waals surface area contributed by atoms with E-state index < -0.39 is 0 Å². The SMILES string of the molecule is COc1ccc(Cl)cc1NCCC(=O)N1CCCCC1. The molecule has 1 amide bonds. The minimum atomic E-state index is 0.221. The van der Waals surface area contributed by atoms with Crippen LogP contribution in [0.1, 0.15) is 25.7 Å². The number of nitrogens with zero attached hydrogens (tertiary/aromatic N) is 1. The van der Waals surface area contributed by atoms with Crippen LogP contribution < -0.4 is 10.1 Å². The number of amides is 1. The van der Waals surface area contributed by atoms with Crippen LogP contribution in [-0.2, 0) is 4.79 Å². The van der Waals surface area contributed by atoms with Crippen LogP contribution in [0.4, 0.5) is 5.69 Å². The van der Waals surface area contributed by atoms with Crippen molar-refractivity contribution in [1.82, 2.24) is 4.90 Å². The van der Waals surface area contributed by atoms with Crippen LogP contribution in [0.3, 0.4) is 0 Å². The molecule has 5 heteroatoms. The van der Waals surface area contributed by atoms with E-state index >= 15 is 0 Å². The number of piperidine rings is 1. The van der Waals surface area contributed by atoms with Crippen molar-refractivity contribution in [2.75, 3.05) is 32.1 Å². The summed E-state index contributed by atoms with van der Waals surface area (Å²) in [7, 11) is 1.62. The Morgan fingerprint density at radius 1 is 1.35 bits per heavy atom. The average molecular weight is 297 g/mol. The van der Waals surface area contributed by atoms with E-state index in [1.165, 1.54) is 6.42 Å². The molecule has 1 saturated heterocycles. The highest BCUT2D eigenvalue weighted by Crippen LogP contribution is 2.27. The van der Waals surface area contributed by atoms with Crippen molar-refractivity contribution in [3.63, 3.8) is 0 Å². The third kappa shape index (κ3) is 4.04. The van der Waals surface area contributed by atoms with Crippen LogP contribution >= 0.6 is 11.6 Å². The highest BCUT2D eigenvalue weighted by molar-refractivity contribution is 6.30. The molecule has 0 spiro atoms. The number of nitrogens with one attached hydrogen (secondary N) is 1. The molecule has 1 aliphatic heterocycles. The molecule has 0 bridgehead atoms. The summed E-state index contributed by atoms with van der Waals surface area (Å²) in [5.74, 6) is 0.956. The van der Waals surface area contributed by atoms with Crippen molar-refractivity contribution in [2.24, 2.45) is 0 Å². The monoisotopic (exact) mass is 296 g/mol. The predicted molar refractivity (Wildman–Crippen MR) is 81.5 cm³/mol. The minimum Gasteiger partial charge on any atom is -0.495 e. The Bertz CT molecular complexity index is 459. The molecular weight excluding hydrogens is 276 g/mol. The van der Waals surface area contributed by atoms with Crippen LogP contribution in [0, 0.1) is 0 Å². The first kappa shape index (κ1) is 15.0. The molecule has 20 heavy (non-hydrogen) atoms. The maximum Gasteiger partial charge on any atom is 0.224 e. The Kier molecular flexibility index (Phi) is 5.53. The van der Waals surface area contributed by atoms with Crippen molar-refractivity contribution in [2.45, 2.75) is 25.7 Å². The second kappa shape index (κ2) is 7.39. The van der Waals surface area contributed by atoms with Crippen LogP contribution in [0.25, 0.3) is 0 Å². The van der Waals surface area contributed by atoms with Gasteiger partial charge < -0.3 is 15.0 Å². The van der Waals surface area contributed by atoms with Gasteiger partial charge in [-0.25, -0.2) is 0 Å². The molecule has 1 heterocycles. The fourth-order valence-corrected chi connectivity index (χ4v) is 2.60. The molecule has 0 radical (unpaired) electrons. The van der Waals surface area contributed by atoms with E-state index in [2.05, 4.69) is 5.32 Å². The summed E-state index contributed by atoms with van der Waals surface area (Å²) >= 11 is 5.97. The van der Waals surface area contributed by atoms with Crippen molar-refractivity contribution in [1.29, 1.82) is 0 Å². The number of methoxy groups -OCH3 is 1. The Balaban J connectivity index is 1.83. The second-order valence-corrected chi connectivity index (χ2v) is 5.40. The van der Waals surface area contributed by atoms with Gasteiger partial charge in [0.05, 0.1) is 12.8 Å². The van der Waals surface area contributed by atoms with Gasteiger partial charge in [0.1, 0.15) is 5.75 Å². The van der Waals surface area contributed by atoms with Crippen molar-refractivity contribution in [3.05, 3.63) is 23.2 Å². The third-order valence-electron chi connectivity index (χ3n) is 3.52. The molecule has 0 saturated carbocycles. The number of ether oxygens (including phenoxy) is 1. The molecule has 0 aliphatic carbocycles. The van der Waals surface area contributed by atoms with Gasteiger partial charge >= 0.3 is 0 Å². The van der Waals surface area contributed by atoms with Gasteiger partial charge in [0.15, 0.2) is 0 Å². The molecule has 0 aromatic heterocycles. The molecule has 4 nitrogen and oxygen atoms in total. The Labute approximate surface area is 125 Å². The standard InChI is InChI=1S/C15H21ClN2O2/c1-20-14-6-5-12(16)11-13(14)17-8-7-15(19)18-9-3-2-4-10-18/h5-6,11,17H,2-4,7-10H2,1H3. The van der Waals surface area contributed by atoms with E-state index in [0.717, 1.165) is 37.4 Å². The van der Waals surface area contributed by atoms with Crippen LogP contribution in [-0.4, -0.2) is 37.6 Å². The van der Waals surface area contributed by atoms with E-state index in [0.29, 0.717) is 18.0 Å². The summed E-state index contributed by atoms with van der Waals surface area (Å²) in [4.78, 5) is 14.0. The molecule has 1 N–H and O–H groups in total. The van der Waals surface area contributed by atoms with Gasteiger partial charge in [0.2, 0.25) is 5.91 Å². The summed E-state index contributed by atoms with van der Waals surface area (Å²) in [6.45, 7) is 2.39. The van der Waals surface area contributed by atoms with E-state index in [1.807, 2.05) is 17.0 Å². The summed E-state index contributed by atoms with van der Waals surface area (Å²) in [5.41, 5.74) is 0.825. The Hall–Kier alpha value is -1.42. The molecule has 0 atom stereocenters. The number of carbonyl (C=O) groups is 1. The van der Waals surface area contributed by atoms with Crippen LogP contribution in [0.15, 0.2) is 18.2 Å². The maximum atomic E-state index is 12.0. The molecule has 110 valence electrons. The zero-order valence-corrected chi connectivity index (χ0v) is 12.6. The summed E-state index contributed by atoms with van der Waals surface area (Å²) < 4.78 is 5.26. The largest absolute Gasteiger partial charge is 0.495 e. The summed E-state index contributed by atoms with van der Waals surface area (Å²) in [5, 5.41) is 3.87. The minimum absolute atomic E-state index is 0.221. The number of hydrogen-bond acceptors (Lipinski definition) is 3. The lowest BCUT2D eigenvalue weighted by molar-refractivity contribution is -0.131. The molecule has 1 aromatic rings. The van der Waals surface area contributed by atoms with Gasteiger partial charge in [-0.2, -0.15) is 0 Å². The molecule has 1 fully saturated rings. The van der Waals surface area contributed by atoms with Crippen LogP contribution in [0.2, 0.25) is 5.02 Å². The van der Waals surface area contributed by atoms with E-state index in [-0.39, 0.29) is 5.91 Å². The lowest BCUT2D eigenvalue weighted by Crippen LogP contribution is -2.36. The second-order valence-electron chi connectivity index (χ2n) is 4.96. The first-order valence-corrected chi connectivity index (χ1v) is 7.43. The van der Waals surface area contributed by atoms with E-state index in [4.69, 9.17) is 16.3 Å². The van der Waals surface area contributed by atoms with Crippen molar-refractivity contribution < 1.29 is 9.53 Å². The average Bonchev–Trinajstić information content (AvgIpc) is 2.48. The Morgan fingerprint density at radius 3 is 2.80 bits per heavy atom. The lowest BCUT2D eigenvalue weighted by Gasteiger charge is -2.26. The summed E-state index contributed by atoms with van der Waals surface area (Å²) in [6, 6.07) is 5.41. The highest BCUT2D eigenvalue weighted by atomic mass is 35.5. The third-order valence-corrected chi connectivity index (χ3v) is 3.76. The Morgan fingerprint density at radius 2 is 2.10 bits per heavy atom. The number of rotatable bonds is 5. The summed E-state index contributed by atoms with van der Waals surface area (Å²) in [6.07, 6.45) is 3.99. The van der Waals surface area contributed by atoms with Gasteiger partial charge in [-0.05, 0) is 37.5 Å².